The zero-order valence-electron chi connectivity index (χ0n) is 20.5. The van der Waals surface area contributed by atoms with Crippen LogP contribution in [0.5, 0.6) is 5.75 Å². The number of carbonyl (C=O) groups excluding carboxylic acids is 2. The van der Waals surface area contributed by atoms with Gasteiger partial charge >= 0.3 is 6.09 Å². The highest BCUT2D eigenvalue weighted by Crippen LogP contribution is 2.39. The van der Waals surface area contributed by atoms with Crippen molar-refractivity contribution >= 4 is 31.2 Å². The van der Waals surface area contributed by atoms with Crippen LogP contribution in [0.3, 0.4) is 0 Å². The molecule has 0 N–H and O–H groups in total. The van der Waals surface area contributed by atoms with E-state index in [4.69, 9.17) is 14.1 Å². The zero-order chi connectivity index (χ0) is 24.5. The molecule has 0 bridgehead atoms. The van der Waals surface area contributed by atoms with Gasteiger partial charge in [0.1, 0.15) is 12.4 Å². The first-order valence-electron chi connectivity index (χ1n) is 11.7. The van der Waals surface area contributed by atoms with Crippen LogP contribution >= 0.6 is 0 Å². The smallest absolute Gasteiger partial charge is 0.416 e. The first-order chi connectivity index (χ1) is 16.0. The van der Waals surface area contributed by atoms with Crippen molar-refractivity contribution < 1.29 is 18.8 Å². The van der Waals surface area contributed by atoms with E-state index in [0.717, 1.165) is 22.2 Å². The maximum absolute atomic E-state index is 13.3. The van der Waals surface area contributed by atoms with Gasteiger partial charge in [0.05, 0.1) is 23.7 Å². The molecule has 0 unspecified atom stereocenters. The average molecular weight is 477 g/mol. The van der Waals surface area contributed by atoms with Crippen molar-refractivity contribution in [2.24, 2.45) is 0 Å². The van der Waals surface area contributed by atoms with Crippen LogP contribution in [0.1, 0.15) is 32.0 Å². The Balaban J connectivity index is 1.61. The third kappa shape index (κ3) is 4.99. The molecule has 2 aromatic carbocycles. The summed E-state index contributed by atoms with van der Waals surface area (Å²) in [5.41, 5.74) is 2.40. The standard InChI is InChI=1S/C27H32N2O4Si/c1-27(2,3)34(4,5)33-24-16-20(28-23-14-10-9-13-22(23)24)17-25(30)29-21(18-32-26(29)31)15-19-11-7-6-8-12-19/h6-14,16,21H,15,17-18H2,1-5H3/t21-/m0/s1. The Morgan fingerprint density at radius 3 is 2.50 bits per heavy atom. The molecule has 0 radical (unpaired) electrons. The van der Waals surface area contributed by atoms with Gasteiger partial charge in [-0.05, 0) is 42.2 Å². The van der Waals surface area contributed by atoms with Crippen LogP contribution < -0.4 is 4.43 Å². The molecule has 178 valence electrons. The second-order valence-electron chi connectivity index (χ2n) is 10.4. The predicted octanol–water partition coefficient (Wildman–Crippen LogP) is 5.75. The second kappa shape index (κ2) is 9.22. The number of para-hydroxylation sites is 1. The van der Waals surface area contributed by atoms with Crippen molar-refractivity contribution in [3.8, 4) is 5.75 Å². The SMILES string of the molecule is CC(C)(C)[Si](C)(C)Oc1cc(CC(=O)N2C(=O)OC[C@@H]2Cc2ccccc2)nc2ccccc12. The van der Waals surface area contributed by atoms with Crippen molar-refractivity contribution in [3.63, 3.8) is 0 Å². The van der Waals surface area contributed by atoms with Gasteiger partial charge in [0.2, 0.25) is 5.91 Å². The van der Waals surface area contributed by atoms with E-state index < -0.39 is 14.4 Å². The Hall–Kier alpha value is -3.19. The van der Waals surface area contributed by atoms with Crippen LogP contribution in [0.4, 0.5) is 4.79 Å². The number of cyclic esters (lactones) is 1. The molecule has 0 spiro atoms. The first-order valence-corrected chi connectivity index (χ1v) is 14.6. The number of nitrogens with zero attached hydrogens (tertiary/aromatic N) is 2. The maximum atomic E-state index is 13.3. The third-order valence-corrected chi connectivity index (χ3v) is 11.1. The van der Waals surface area contributed by atoms with Crippen molar-refractivity contribution in [2.75, 3.05) is 6.61 Å². The number of aromatic nitrogens is 1. The molecule has 3 aromatic rings. The minimum Gasteiger partial charge on any atom is -0.543 e. The molecular formula is C27H32N2O4Si. The molecule has 34 heavy (non-hydrogen) atoms. The van der Waals surface area contributed by atoms with E-state index in [-0.39, 0.29) is 30.0 Å². The minimum absolute atomic E-state index is 0.000907. The highest BCUT2D eigenvalue weighted by atomic mass is 28.4. The lowest BCUT2D eigenvalue weighted by Gasteiger charge is -2.36. The van der Waals surface area contributed by atoms with Gasteiger partial charge in [0.15, 0.2) is 0 Å². The molecule has 1 aliphatic heterocycles. The monoisotopic (exact) mass is 476 g/mol. The van der Waals surface area contributed by atoms with Crippen molar-refractivity contribution in [3.05, 3.63) is 71.9 Å². The molecule has 0 saturated carbocycles. The Labute approximate surface area is 202 Å². The number of ether oxygens (including phenoxy) is 1. The Morgan fingerprint density at radius 2 is 1.79 bits per heavy atom. The van der Waals surface area contributed by atoms with Crippen LogP contribution in [0.25, 0.3) is 10.9 Å². The van der Waals surface area contributed by atoms with E-state index >= 15 is 0 Å². The third-order valence-electron chi connectivity index (χ3n) is 6.78. The fourth-order valence-electron chi connectivity index (χ4n) is 3.84. The van der Waals surface area contributed by atoms with E-state index in [1.165, 1.54) is 4.90 Å². The first kappa shape index (κ1) is 23.9. The fraction of sp³-hybridized carbons (Fsp3) is 0.370. The maximum Gasteiger partial charge on any atom is 0.416 e. The number of imide groups is 1. The Morgan fingerprint density at radius 1 is 1.12 bits per heavy atom. The van der Waals surface area contributed by atoms with Crippen molar-refractivity contribution in [1.29, 1.82) is 0 Å². The summed E-state index contributed by atoms with van der Waals surface area (Å²) in [5.74, 6) is 0.425. The van der Waals surface area contributed by atoms with Crippen molar-refractivity contribution in [2.45, 2.75) is 57.8 Å². The van der Waals surface area contributed by atoms with Crippen LogP contribution in [0.15, 0.2) is 60.7 Å². The summed E-state index contributed by atoms with van der Waals surface area (Å²) >= 11 is 0. The Kier molecular flexibility index (Phi) is 6.49. The Bertz CT molecular complexity index is 1200. The summed E-state index contributed by atoms with van der Waals surface area (Å²) in [6, 6.07) is 19.1. The van der Waals surface area contributed by atoms with E-state index in [1.54, 1.807) is 0 Å². The number of benzene rings is 2. The average Bonchev–Trinajstić information content (AvgIpc) is 3.13. The molecule has 1 saturated heterocycles. The lowest BCUT2D eigenvalue weighted by Crippen LogP contribution is -2.44. The van der Waals surface area contributed by atoms with Gasteiger partial charge in [-0.25, -0.2) is 9.69 Å². The zero-order valence-corrected chi connectivity index (χ0v) is 21.5. The van der Waals surface area contributed by atoms with E-state index in [1.807, 2.05) is 60.7 Å². The van der Waals surface area contributed by atoms with E-state index in [0.29, 0.717) is 12.1 Å². The van der Waals surface area contributed by atoms with Crippen LogP contribution in [-0.4, -0.2) is 42.9 Å². The van der Waals surface area contributed by atoms with Gasteiger partial charge in [0, 0.05) is 11.5 Å². The van der Waals surface area contributed by atoms with Gasteiger partial charge in [-0.1, -0.05) is 63.2 Å². The largest absolute Gasteiger partial charge is 0.543 e. The van der Waals surface area contributed by atoms with Crippen LogP contribution in [0.2, 0.25) is 18.1 Å². The number of rotatable bonds is 6. The van der Waals surface area contributed by atoms with Crippen LogP contribution in [-0.2, 0) is 22.4 Å². The highest BCUT2D eigenvalue weighted by Gasteiger charge is 2.40. The predicted molar refractivity (Wildman–Crippen MR) is 135 cm³/mol. The fourth-order valence-corrected chi connectivity index (χ4v) is 4.87. The molecule has 1 aromatic heterocycles. The summed E-state index contributed by atoms with van der Waals surface area (Å²) in [7, 11) is -2.11. The molecule has 6 nitrogen and oxygen atoms in total. The minimum atomic E-state index is -2.11. The van der Waals surface area contributed by atoms with Crippen LogP contribution in [0, 0.1) is 0 Å². The summed E-state index contributed by atoms with van der Waals surface area (Å²) in [5, 5.41) is 0.947. The number of hydrogen-bond donors (Lipinski definition) is 0. The summed E-state index contributed by atoms with van der Waals surface area (Å²) < 4.78 is 11.9. The molecule has 0 aliphatic carbocycles. The van der Waals surface area contributed by atoms with Gasteiger partial charge in [-0.3, -0.25) is 9.78 Å². The molecule has 7 heteroatoms. The summed E-state index contributed by atoms with van der Waals surface area (Å²) in [6.45, 7) is 11.2. The molecule has 1 atom stereocenters. The lowest BCUT2D eigenvalue weighted by atomic mass is 10.1. The van der Waals surface area contributed by atoms with Gasteiger partial charge in [-0.15, -0.1) is 0 Å². The molecule has 2 amide bonds. The molecule has 4 rings (SSSR count). The summed E-state index contributed by atoms with van der Waals surface area (Å²) in [6.07, 6.45) is -0.0353. The number of hydrogen-bond acceptors (Lipinski definition) is 5. The second-order valence-corrected chi connectivity index (χ2v) is 15.1. The van der Waals surface area contributed by atoms with Gasteiger partial charge < -0.3 is 9.16 Å². The van der Waals surface area contributed by atoms with Gasteiger partial charge in [0.25, 0.3) is 8.32 Å². The van der Waals surface area contributed by atoms with Crippen molar-refractivity contribution in [1.82, 2.24) is 9.88 Å². The number of carbonyl (C=O) groups is 2. The number of pyridine rings is 1. The number of fused-ring (bicyclic) bond motifs is 1. The summed E-state index contributed by atoms with van der Waals surface area (Å²) in [4.78, 5) is 31.7. The highest BCUT2D eigenvalue weighted by molar-refractivity contribution is 6.74. The van der Waals surface area contributed by atoms with E-state index in [2.05, 4.69) is 33.9 Å². The quantitative estimate of drug-likeness (QED) is 0.424. The topological polar surface area (TPSA) is 68.7 Å². The molecule has 1 aliphatic rings. The number of amides is 2. The molecule has 1 fully saturated rings. The van der Waals surface area contributed by atoms with E-state index in [9.17, 15) is 9.59 Å². The molecular weight excluding hydrogens is 444 g/mol. The lowest BCUT2D eigenvalue weighted by molar-refractivity contribution is -0.128. The molecule has 2 heterocycles. The van der Waals surface area contributed by atoms with Gasteiger partial charge in [-0.2, -0.15) is 0 Å². The normalized spacial score (nSPS) is 16.6.